The van der Waals surface area contributed by atoms with Crippen LogP contribution in [0.15, 0.2) is 12.3 Å². The van der Waals surface area contributed by atoms with Crippen LogP contribution in [0.25, 0.3) is 0 Å². The largest absolute Gasteiger partial charge is 0.372 e. The Morgan fingerprint density at radius 2 is 2.29 bits per heavy atom. The van der Waals surface area contributed by atoms with E-state index < -0.39 is 5.82 Å². The molecule has 0 saturated heterocycles. The number of rotatable bonds is 4. The van der Waals surface area contributed by atoms with E-state index in [0.717, 1.165) is 24.6 Å². The molecular weight excluding hydrogens is 269 g/mol. The van der Waals surface area contributed by atoms with Crippen molar-refractivity contribution in [3.63, 3.8) is 0 Å². The highest BCUT2D eigenvalue weighted by Gasteiger charge is 2.40. The summed E-state index contributed by atoms with van der Waals surface area (Å²) in [6.07, 6.45) is 6.36. The number of nitrogens with one attached hydrogen (secondary N) is 1. The fraction of sp³-hybridized carbons (Fsp3) is 0.625. The second kappa shape index (κ2) is 5.62. The third kappa shape index (κ3) is 2.74. The van der Waals surface area contributed by atoms with Crippen molar-refractivity contribution in [1.29, 1.82) is 0 Å². The first-order valence-corrected chi connectivity index (χ1v) is 7.67. The molecule has 2 bridgehead atoms. The number of amides is 1. The van der Waals surface area contributed by atoms with E-state index in [1.165, 1.54) is 31.7 Å². The molecule has 3 atom stereocenters. The summed E-state index contributed by atoms with van der Waals surface area (Å²) in [6.45, 7) is 0.764. The van der Waals surface area contributed by atoms with Crippen molar-refractivity contribution < 1.29 is 9.18 Å². The summed E-state index contributed by atoms with van der Waals surface area (Å²) in [5, 5.41) is 2.85. The fourth-order valence-corrected chi connectivity index (χ4v) is 4.04. The third-order valence-electron chi connectivity index (χ3n) is 5.06. The number of nitrogens with zero attached hydrogens (tertiary/aromatic N) is 2. The molecule has 2 aliphatic rings. The van der Waals surface area contributed by atoms with Crippen LogP contribution in [0.5, 0.6) is 0 Å². The molecule has 1 aromatic heterocycles. The Kier molecular flexibility index (Phi) is 3.83. The number of halogens is 1. The Morgan fingerprint density at radius 1 is 1.48 bits per heavy atom. The van der Waals surface area contributed by atoms with Crippen LogP contribution >= 0.6 is 0 Å². The molecule has 3 unspecified atom stereocenters. The molecule has 0 aliphatic heterocycles. The van der Waals surface area contributed by atoms with Gasteiger partial charge in [-0.25, -0.2) is 9.37 Å². The van der Waals surface area contributed by atoms with Crippen molar-refractivity contribution in [3.05, 3.63) is 23.6 Å². The van der Waals surface area contributed by atoms with Crippen molar-refractivity contribution in [2.45, 2.75) is 25.7 Å². The van der Waals surface area contributed by atoms with E-state index in [1.54, 1.807) is 19.0 Å². The van der Waals surface area contributed by atoms with Gasteiger partial charge in [-0.05, 0) is 43.1 Å². The smallest absolute Gasteiger partial charge is 0.257 e. The first kappa shape index (κ1) is 14.3. The lowest BCUT2D eigenvalue weighted by atomic mass is 9.88. The Balaban J connectivity index is 1.71. The van der Waals surface area contributed by atoms with Gasteiger partial charge in [0.1, 0.15) is 11.6 Å². The average Bonchev–Trinajstić information content (AvgIpc) is 3.09. The summed E-state index contributed by atoms with van der Waals surface area (Å²) < 4.78 is 13.4. The van der Waals surface area contributed by atoms with E-state index >= 15 is 0 Å². The van der Waals surface area contributed by atoms with E-state index in [0.29, 0.717) is 17.3 Å². The Morgan fingerprint density at radius 3 is 2.90 bits per heavy atom. The second-order valence-corrected chi connectivity index (χ2v) is 6.42. The number of hydrogen-bond donors (Lipinski definition) is 1. The molecule has 4 nitrogen and oxygen atoms in total. The minimum atomic E-state index is -0.481. The van der Waals surface area contributed by atoms with Gasteiger partial charge in [0.25, 0.3) is 5.91 Å². The molecule has 5 heteroatoms. The number of fused-ring (bicyclic) bond motifs is 2. The van der Waals surface area contributed by atoms with Gasteiger partial charge in [0.2, 0.25) is 0 Å². The number of carbonyl (C=O) groups is 1. The highest BCUT2D eigenvalue weighted by Crippen LogP contribution is 2.48. The summed E-state index contributed by atoms with van der Waals surface area (Å²) in [7, 11) is 3.49. The van der Waals surface area contributed by atoms with Crippen LogP contribution < -0.4 is 5.32 Å². The first-order valence-electron chi connectivity index (χ1n) is 7.67. The Labute approximate surface area is 124 Å². The van der Waals surface area contributed by atoms with E-state index in [1.807, 2.05) is 0 Å². The normalized spacial score (nSPS) is 26.9. The van der Waals surface area contributed by atoms with Crippen LogP contribution in [-0.4, -0.2) is 36.4 Å². The Bertz CT molecular complexity index is 548. The summed E-state index contributed by atoms with van der Waals surface area (Å²) in [5.74, 6) is 2.05. The van der Waals surface area contributed by atoms with Crippen molar-refractivity contribution in [2.75, 3.05) is 26.0 Å². The molecule has 1 amide bonds. The first-order chi connectivity index (χ1) is 10.1. The maximum Gasteiger partial charge on any atom is 0.257 e. The molecule has 0 spiro atoms. The molecule has 0 radical (unpaired) electrons. The monoisotopic (exact) mass is 291 g/mol. The van der Waals surface area contributed by atoms with Crippen molar-refractivity contribution in [2.24, 2.45) is 17.8 Å². The van der Waals surface area contributed by atoms with Gasteiger partial charge >= 0.3 is 0 Å². The van der Waals surface area contributed by atoms with Crippen LogP contribution in [0.3, 0.4) is 0 Å². The van der Waals surface area contributed by atoms with Crippen LogP contribution in [-0.2, 0) is 0 Å². The van der Waals surface area contributed by atoms with E-state index in [2.05, 4.69) is 10.3 Å². The van der Waals surface area contributed by atoms with E-state index in [-0.39, 0.29) is 5.91 Å². The molecule has 1 heterocycles. The van der Waals surface area contributed by atoms with Crippen molar-refractivity contribution >= 4 is 11.7 Å². The summed E-state index contributed by atoms with van der Waals surface area (Å²) >= 11 is 0. The topological polar surface area (TPSA) is 45.2 Å². The lowest BCUT2D eigenvalue weighted by molar-refractivity contribution is 0.0754. The summed E-state index contributed by atoms with van der Waals surface area (Å²) in [6, 6.07) is 1.26. The standard InChI is InChI=1S/C16H22FN3O/c1-18-15-14(7-13(17)8-19-15)16(21)20(2)9-12-6-10-3-4-11(12)5-10/h7-8,10-12H,3-6,9H2,1-2H3,(H,18,19). The van der Waals surface area contributed by atoms with Gasteiger partial charge in [-0.15, -0.1) is 0 Å². The van der Waals surface area contributed by atoms with Crippen molar-refractivity contribution in [1.82, 2.24) is 9.88 Å². The maximum atomic E-state index is 13.4. The predicted octanol–water partition coefficient (Wildman–Crippen LogP) is 2.77. The third-order valence-corrected chi connectivity index (χ3v) is 5.06. The van der Waals surface area contributed by atoms with Gasteiger partial charge in [0, 0.05) is 20.6 Å². The zero-order valence-corrected chi connectivity index (χ0v) is 12.6. The van der Waals surface area contributed by atoms with E-state index in [4.69, 9.17) is 0 Å². The minimum Gasteiger partial charge on any atom is -0.372 e. The lowest BCUT2D eigenvalue weighted by Gasteiger charge is -2.27. The zero-order chi connectivity index (χ0) is 15.0. The van der Waals surface area contributed by atoms with Gasteiger partial charge in [0.15, 0.2) is 0 Å². The van der Waals surface area contributed by atoms with Crippen LogP contribution in [0, 0.1) is 23.6 Å². The highest BCUT2D eigenvalue weighted by molar-refractivity contribution is 5.98. The van der Waals surface area contributed by atoms with E-state index in [9.17, 15) is 9.18 Å². The van der Waals surface area contributed by atoms with Crippen LogP contribution in [0.2, 0.25) is 0 Å². The molecule has 2 aliphatic carbocycles. The number of hydrogen-bond acceptors (Lipinski definition) is 3. The molecule has 21 heavy (non-hydrogen) atoms. The van der Waals surface area contributed by atoms with Gasteiger partial charge < -0.3 is 10.2 Å². The summed E-state index contributed by atoms with van der Waals surface area (Å²) in [5.41, 5.74) is 0.308. The average molecular weight is 291 g/mol. The minimum absolute atomic E-state index is 0.158. The van der Waals surface area contributed by atoms with Crippen LogP contribution in [0.4, 0.5) is 10.2 Å². The molecular formula is C16H22FN3O. The highest BCUT2D eigenvalue weighted by atomic mass is 19.1. The molecule has 1 N–H and O–H groups in total. The number of carbonyl (C=O) groups excluding carboxylic acids is 1. The zero-order valence-electron chi connectivity index (χ0n) is 12.6. The predicted molar refractivity (Wildman–Crippen MR) is 79.6 cm³/mol. The SMILES string of the molecule is CNc1ncc(F)cc1C(=O)N(C)CC1CC2CCC1C2. The molecule has 2 fully saturated rings. The maximum absolute atomic E-state index is 13.4. The fourth-order valence-electron chi connectivity index (χ4n) is 4.04. The number of aromatic nitrogens is 1. The van der Waals surface area contributed by atoms with Crippen molar-refractivity contribution in [3.8, 4) is 0 Å². The summed E-state index contributed by atoms with van der Waals surface area (Å²) in [4.78, 5) is 18.2. The molecule has 1 aromatic rings. The van der Waals surface area contributed by atoms with Gasteiger partial charge in [0.05, 0.1) is 11.8 Å². The lowest BCUT2D eigenvalue weighted by Crippen LogP contribution is -2.34. The Hall–Kier alpha value is -1.65. The number of anilines is 1. The second-order valence-electron chi connectivity index (χ2n) is 6.42. The van der Waals surface area contributed by atoms with Gasteiger partial charge in [-0.2, -0.15) is 0 Å². The molecule has 114 valence electrons. The number of pyridine rings is 1. The van der Waals surface area contributed by atoms with Gasteiger partial charge in [-0.1, -0.05) is 6.42 Å². The molecule has 3 rings (SSSR count). The van der Waals surface area contributed by atoms with Gasteiger partial charge in [-0.3, -0.25) is 4.79 Å². The molecule has 0 aromatic carbocycles. The molecule has 2 saturated carbocycles. The quantitative estimate of drug-likeness (QED) is 0.928. The van der Waals surface area contributed by atoms with Crippen LogP contribution in [0.1, 0.15) is 36.0 Å².